The molecule has 2 aromatic carbocycles. The number of methoxy groups -OCH3 is 1. The van der Waals surface area contributed by atoms with E-state index in [4.69, 9.17) is 32.4 Å². The first-order valence-electron chi connectivity index (χ1n) is 8.36. The molecule has 0 radical (unpaired) electrons. The highest BCUT2D eigenvalue weighted by molar-refractivity contribution is 7.99. The molecule has 1 heterocycles. The van der Waals surface area contributed by atoms with Gasteiger partial charge in [-0.15, -0.1) is 10.2 Å². The van der Waals surface area contributed by atoms with Crippen molar-refractivity contribution in [2.75, 3.05) is 19.4 Å². The number of hydrogen-bond donors (Lipinski definition) is 1. The first-order chi connectivity index (χ1) is 13.5. The highest BCUT2D eigenvalue weighted by Gasteiger charge is 2.11. The van der Waals surface area contributed by atoms with Crippen LogP contribution in [0.4, 0.5) is 0 Å². The maximum Gasteiger partial charge on any atom is 0.277 e. The second-order valence-corrected chi connectivity index (χ2v) is 7.50. The van der Waals surface area contributed by atoms with Crippen molar-refractivity contribution >= 4 is 40.9 Å². The van der Waals surface area contributed by atoms with Crippen molar-refractivity contribution in [2.45, 2.75) is 11.6 Å². The van der Waals surface area contributed by atoms with Crippen molar-refractivity contribution in [1.29, 1.82) is 0 Å². The van der Waals surface area contributed by atoms with Gasteiger partial charge in [0, 0.05) is 22.2 Å². The molecular formula is C19H17Cl2N3O3S. The van der Waals surface area contributed by atoms with Crippen LogP contribution in [0.5, 0.6) is 5.75 Å². The number of benzene rings is 2. The fourth-order valence-corrected chi connectivity index (χ4v) is 3.45. The summed E-state index contributed by atoms with van der Waals surface area (Å²) in [5, 5.41) is 12.3. The summed E-state index contributed by atoms with van der Waals surface area (Å²) in [5.41, 5.74) is 1.71. The maximum absolute atomic E-state index is 12.0. The number of carbonyl (C=O) groups is 1. The normalized spacial score (nSPS) is 10.7. The minimum atomic E-state index is -0.126. The molecule has 0 aliphatic heterocycles. The van der Waals surface area contributed by atoms with Crippen molar-refractivity contribution in [3.8, 4) is 17.2 Å². The van der Waals surface area contributed by atoms with Crippen LogP contribution >= 0.6 is 35.0 Å². The van der Waals surface area contributed by atoms with E-state index in [1.807, 2.05) is 30.3 Å². The van der Waals surface area contributed by atoms with Gasteiger partial charge in [0.15, 0.2) is 0 Å². The Morgan fingerprint density at radius 1 is 1.18 bits per heavy atom. The Hall–Kier alpha value is -2.22. The smallest absolute Gasteiger partial charge is 0.277 e. The third-order valence-corrected chi connectivity index (χ3v) is 5.21. The number of hydrogen-bond acceptors (Lipinski definition) is 6. The van der Waals surface area contributed by atoms with Gasteiger partial charge in [0.05, 0.1) is 12.9 Å². The molecule has 1 amide bonds. The maximum atomic E-state index is 12.0. The van der Waals surface area contributed by atoms with E-state index in [-0.39, 0.29) is 11.7 Å². The van der Waals surface area contributed by atoms with Crippen molar-refractivity contribution in [3.63, 3.8) is 0 Å². The molecule has 3 rings (SSSR count). The van der Waals surface area contributed by atoms with Crippen LogP contribution < -0.4 is 10.1 Å². The first kappa shape index (κ1) is 20.5. The average Bonchev–Trinajstić information content (AvgIpc) is 3.17. The average molecular weight is 438 g/mol. The fraction of sp³-hybridized carbons (Fsp3) is 0.211. The third kappa shape index (κ3) is 5.64. The summed E-state index contributed by atoms with van der Waals surface area (Å²) in [6.07, 6.45) is 0.620. The molecule has 9 heteroatoms. The van der Waals surface area contributed by atoms with Crippen LogP contribution in [0.25, 0.3) is 11.5 Å². The van der Waals surface area contributed by atoms with Crippen molar-refractivity contribution in [2.24, 2.45) is 0 Å². The minimum absolute atomic E-state index is 0.126. The highest BCUT2D eigenvalue weighted by Crippen LogP contribution is 2.25. The van der Waals surface area contributed by atoms with E-state index in [0.717, 1.165) is 16.9 Å². The Balaban J connectivity index is 1.45. The zero-order chi connectivity index (χ0) is 19.9. The molecule has 0 aliphatic carbocycles. The van der Waals surface area contributed by atoms with Gasteiger partial charge >= 0.3 is 0 Å². The number of amides is 1. The number of ether oxygens (including phenoxy) is 1. The molecule has 3 aromatic rings. The van der Waals surface area contributed by atoms with Crippen LogP contribution in [-0.2, 0) is 11.2 Å². The lowest BCUT2D eigenvalue weighted by Gasteiger charge is -2.06. The number of halogens is 2. The lowest BCUT2D eigenvalue weighted by atomic mass is 10.1. The third-order valence-electron chi connectivity index (χ3n) is 3.80. The Morgan fingerprint density at radius 2 is 1.96 bits per heavy atom. The molecule has 0 aliphatic rings. The quantitative estimate of drug-likeness (QED) is 0.522. The lowest BCUT2D eigenvalue weighted by Crippen LogP contribution is -2.27. The summed E-state index contributed by atoms with van der Waals surface area (Å²) in [5.74, 6) is 1.19. The number of nitrogens with zero attached hydrogens (tertiary/aromatic N) is 2. The Morgan fingerprint density at radius 3 is 2.68 bits per heavy atom. The summed E-state index contributed by atoms with van der Waals surface area (Å²) in [6.45, 7) is 0.474. The standard InChI is InChI=1S/C19H17Cl2N3O3S/c1-26-15-6-3-13(4-7-15)18-23-24-19(27-18)28-11-17(25)22-9-8-12-2-5-14(20)10-16(12)21/h2-7,10H,8-9,11H2,1H3,(H,22,25). The van der Waals surface area contributed by atoms with Crippen molar-refractivity contribution in [1.82, 2.24) is 15.5 Å². The summed E-state index contributed by atoms with van der Waals surface area (Å²) in [7, 11) is 1.60. The number of rotatable bonds is 8. The van der Waals surface area contributed by atoms with E-state index < -0.39 is 0 Å². The van der Waals surface area contributed by atoms with Gasteiger partial charge in [0.1, 0.15) is 5.75 Å². The van der Waals surface area contributed by atoms with Gasteiger partial charge in [0.2, 0.25) is 11.8 Å². The molecule has 6 nitrogen and oxygen atoms in total. The zero-order valence-corrected chi connectivity index (χ0v) is 17.3. The summed E-state index contributed by atoms with van der Waals surface area (Å²) >= 11 is 13.2. The van der Waals surface area contributed by atoms with E-state index in [2.05, 4.69) is 15.5 Å². The van der Waals surface area contributed by atoms with Crippen LogP contribution in [0, 0.1) is 0 Å². The van der Waals surface area contributed by atoms with Gasteiger partial charge < -0.3 is 14.5 Å². The Bertz CT molecular complexity index is 948. The number of carbonyl (C=O) groups excluding carboxylic acids is 1. The van der Waals surface area contributed by atoms with Crippen molar-refractivity contribution < 1.29 is 13.9 Å². The minimum Gasteiger partial charge on any atom is -0.497 e. The zero-order valence-electron chi connectivity index (χ0n) is 14.9. The summed E-state index contributed by atoms with van der Waals surface area (Å²) < 4.78 is 10.7. The molecule has 0 unspecified atom stereocenters. The van der Waals surface area contributed by atoms with E-state index in [1.165, 1.54) is 11.8 Å². The fourth-order valence-electron chi connectivity index (χ4n) is 2.36. The van der Waals surface area contributed by atoms with Gasteiger partial charge in [-0.3, -0.25) is 4.79 Å². The van der Waals surface area contributed by atoms with Crippen molar-refractivity contribution in [3.05, 3.63) is 58.1 Å². The molecule has 0 fully saturated rings. The Kier molecular flexibility index (Phi) is 7.19. The van der Waals surface area contributed by atoms with Crippen LogP contribution in [0.1, 0.15) is 5.56 Å². The van der Waals surface area contributed by atoms with Crippen LogP contribution in [-0.4, -0.2) is 35.5 Å². The van der Waals surface area contributed by atoms with E-state index in [0.29, 0.717) is 34.1 Å². The van der Waals surface area contributed by atoms with Gasteiger partial charge in [0.25, 0.3) is 5.22 Å². The topological polar surface area (TPSA) is 77.2 Å². The summed E-state index contributed by atoms with van der Waals surface area (Å²) in [6, 6.07) is 12.6. The molecule has 0 spiro atoms. The second kappa shape index (κ2) is 9.82. The van der Waals surface area contributed by atoms with Crippen LogP contribution in [0.2, 0.25) is 10.0 Å². The molecule has 146 valence electrons. The molecule has 1 aromatic heterocycles. The first-order valence-corrected chi connectivity index (χ1v) is 10.1. The lowest BCUT2D eigenvalue weighted by molar-refractivity contribution is -0.118. The van der Waals surface area contributed by atoms with Gasteiger partial charge in [-0.05, 0) is 48.4 Å². The largest absolute Gasteiger partial charge is 0.497 e. The van der Waals surface area contributed by atoms with E-state index >= 15 is 0 Å². The van der Waals surface area contributed by atoms with Gasteiger partial charge in [-0.2, -0.15) is 0 Å². The molecule has 0 saturated carbocycles. The van der Waals surface area contributed by atoms with Crippen LogP contribution in [0.15, 0.2) is 52.1 Å². The number of thioether (sulfide) groups is 1. The Labute approximate surface area is 176 Å². The number of aromatic nitrogens is 2. The highest BCUT2D eigenvalue weighted by atomic mass is 35.5. The molecule has 28 heavy (non-hydrogen) atoms. The number of nitrogens with one attached hydrogen (secondary N) is 1. The monoisotopic (exact) mass is 437 g/mol. The predicted molar refractivity (Wildman–Crippen MR) is 110 cm³/mol. The molecule has 0 bridgehead atoms. The SMILES string of the molecule is COc1ccc(-c2nnc(SCC(=O)NCCc3ccc(Cl)cc3Cl)o2)cc1. The summed E-state index contributed by atoms with van der Waals surface area (Å²) in [4.78, 5) is 12.0. The molecule has 0 atom stereocenters. The second-order valence-electron chi connectivity index (χ2n) is 5.73. The van der Waals surface area contributed by atoms with E-state index in [9.17, 15) is 4.79 Å². The predicted octanol–water partition coefficient (Wildman–Crippen LogP) is 4.50. The van der Waals surface area contributed by atoms with Crippen LogP contribution in [0.3, 0.4) is 0 Å². The molecule has 0 saturated heterocycles. The van der Waals surface area contributed by atoms with Gasteiger partial charge in [-0.1, -0.05) is 41.0 Å². The molecular weight excluding hydrogens is 421 g/mol. The molecule has 1 N–H and O–H groups in total. The van der Waals surface area contributed by atoms with E-state index in [1.54, 1.807) is 19.2 Å². The van der Waals surface area contributed by atoms with Gasteiger partial charge in [-0.25, -0.2) is 0 Å².